The molecular formula is C10H16N4OS. The van der Waals surface area contributed by atoms with Gasteiger partial charge in [-0.05, 0) is 18.8 Å². The molecule has 0 spiro atoms. The standard InChI is InChI=1S/C10H16N4OS/c11-10-14-13-9(16-10)6-12-8(15)5-7-3-1-2-4-7/h7H,1-6H2,(H2,11,14)(H,12,15). The summed E-state index contributed by atoms with van der Waals surface area (Å²) in [4.78, 5) is 11.6. The highest BCUT2D eigenvalue weighted by Gasteiger charge is 2.18. The Hall–Kier alpha value is -1.17. The van der Waals surface area contributed by atoms with E-state index in [1.54, 1.807) is 0 Å². The van der Waals surface area contributed by atoms with Crippen LogP contribution >= 0.6 is 11.3 Å². The van der Waals surface area contributed by atoms with Gasteiger partial charge in [-0.3, -0.25) is 4.79 Å². The molecule has 6 heteroatoms. The average Bonchev–Trinajstić information content (AvgIpc) is 2.87. The summed E-state index contributed by atoms with van der Waals surface area (Å²) in [5.74, 6) is 0.695. The number of carbonyl (C=O) groups excluding carboxylic acids is 1. The van der Waals surface area contributed by atoms with Crippen molar-refractivity contribution in [2.45, 2.75) is 38.6 Å². The van der Waals surface area contributed by atoms with Gasteiger partial charge in [-0.15, -0.1) is 10.2 Å². The smallest absolute Gasteiger partial charge is 0.220 e. The minimum atomic E-state index is 0.112. The predicted molar refractivity (Wildman–Crippen MR) is 62.7 cm³/mol. The van der Waals surface area contributed by atoms with Gasteiger partial charge in [-0.25, -0.2) is 0 Å². The van der Waals surface area contributed by atoms with Gasteiger partial charge in [0.15, 0.2) is 0 Å². The lowest BCUT2D eigenvalue weighted by Gasteiger charge is -2.08. The van der Waals surface area contributed by atoms with Crippen LogP contribution in [0.1, 0.15) is 37.1 Å². The lowest BCUT2D eigenvalue weighted by molar-refractivity contribution is -0.122. The number of hydrogen-bond donors (Lipinski definition) is 2. The van der Waals surface area contributed by atoms with Crippen LogP contribution in [0, 0.1) is 5.92 Å². The molecular weight excluding hydrogens is 224 g/mol. The van der Waals surface area contributed by atoms with E-state index in [0.717, 1.165) is 5.01 Å². The summed E-state index contributed by atoms with van der Waals surface area (Å²) in [5, 5.41) is 11.6. The van der Waals surface area contributed by atoms with Crippen molar-refractivity contribution in [2.24, 2.45) is 5.92 Å². The van der Waals surface area contributed by atoms with Crippen molar-refractivity contribution in [1.82, 2.24) is 15.5 Å². The maximum absolute atomic E-state index is 11.6. The zero-order chi connectivity index (χ0) is 11.4. The van der Waals surface area contributed by atoms with Crippen molar-refractivity contribution in [1.29, 1.82) is 0 Å². The second-order valence-electron chi connectivity index (χ2n) is 4.17. The van der Waals surface area contributed by atoms with E-state index in [-0.39, 0.29) is 5.91 Å². The number of rotatable bonds is 4. The molecule has 0 unspecified atom stereocenters. The van der Waals surface area contributed by atoms with E-state index in [1.807, 2.05) is 0 Å². The monoisotopic (exact) mass is 240 g/mol. The minimum Gasteiger partial charge on any atom is -0.374 e. The number of hydrogen-bond acceptors (Lipinski definition) is 5. The highest BCUT2D eigenvalue weighted by Crippen LogP contribution is 2.27. The predicted octanol–water partition coefficient (Wildman–Crippen LogP) is 1.32. The van der Waals surface area contributed by atoms with Crippen LogP contribution in [0.25, 0.3) is 0 Å². The Morgan fingerprint density at radius 1 is 1.44 bits per heavy atom. The van der Waals surface area contributed by atoms with Crippen molar-refractivity contribution in [3.8, 4) is 0 Å². The van der Waals surface area contributed by atoms with Gasteiger partial charge >= 0.3 is 0 Å². The number of nitrogens with one attached hydrogen (secondary N) is 1. The van der Waals surface area contributed by atoms with E-state index in [9.17, 15) is 4.79 Å². The summed E-state index contributed by atoms with van der Waals surface area (Å²) >= 11 is 1.31. The van der Waals surface area contributed by atoms with Crippen LogP contribution in [0.3, 0.4) is 0 Å². The Morgan fingerprint density at radius 3 is 2.81 bits per heavy atom. The normalized spacial score (nSPS) is 16.5. The molecule has 1 aromatic heterocycles. The van der Waals surface area contributed by atoms with Gasteiger partial charge in [0, 0.05) is 6.42 Å². The number of nitrogens with two attached hydrogens (primary N) is 1. The molecule has 0 saturated heterocycles. The quantitative estimate of drug-likeness (QED) is 0.831. The van der Waals surface area contributed by atoms with E-state index < -0.39 is 0 Å². The zero-order valence-electron chi connectivity index (χ0n) is 9.11. The summed E-state index contributed by atoms with van der Waals surface area (Å²) in [6.07, 6.45) is 5.57. The molecule has 1 saturated carbocycles. The molecule has 1 amide bonds. The number of carbonyl (C=O) groups is 1. The van der Waals surface area contributed by atoms with E-state index in [1.165, 1.54) is 37.0 Å². The fraction of sp³-hybridized carbons (Fsp3) is 0.700. The van der Waals surface area contributed by atoms with Gasteiger partial charge in [-0.2, -0.15) is 0 Å². The molecule has 0 aliphatic heterocycles. The molecule has 88 valence electrons. The lowest BCUT2D eigenvalue weighted by atomic mass is 10.0. The van der Waals surface area contributed by atoms with E-state index in [4.69, 9.17) is 5.73 Å². The Labute approximate surface area is 98.4 Å². The first-order valence-corrected chi connectivity index (χ1v) is 6.40. The Kier molecular flexibility index (Phi) is 3.71. The molecule has 0 radical (unpaired) electrons. The molecule has 0 bridgehead atoms. The van der Waals surface area contributed by atoms with Gasteiger partial charge in [0.2, 0.25) is 11.0 Å². The topological polar surface area (TPSA) is 80.9 Å². The molecule has 3 N–H and O–H groups in total. The second kappa shape index (κ2) is 5.25. The van der Waals surface area contributed by atoms with E-state index in [0.29, 0.717) is 24.0 Å². The number of nitrogen functional groups attached to an aromatic ring is 1. The van der Waals surface area contributed by atoms with Gasteiger partial charge in [0.05, 0.1) is 6.54 Å². The number of nitrogens with zero attached hydrogens (tertiary/aromatic N) is 2. The van der Waals surface area contributed by atoms with Crippen molar-refractivity contribution in [3.63, 3.8) is 0 Å². The number of aromatic nitrogens is 2. The van der Waals surface area contributed by atoms with Crippen LogP contribution in [0.15, 0.2) is 0 Å². The van der Waals surface area contributed by atoms with Gasteiger partial charge in [-0.1, -0.05) is 24.2 Å². The molecule has 5 nitrogen and oxygen atoms in total. The maximum Gasteiger partial charge on any atom is 0.220 e. The third-order valence-electron chi connectivity index (χ3n) is 2.87. The molecule has 1 aromatic rings. The second-order valence-corrected chi connectivity index (χ2v) is 5.26. The number of anilines is 1. The van der Waals surface area contributed by atoms with Gasteiger partial charge in [0.25, 0.3) is 0 Å². The first-order valence-electron chi connectivity index (χ1n) is 5.58. The highest BCUT2D eigenvalue weighted by molar-refractivity contribution is 7.15. The average molecular weight is 240 g/mol. The maximum atomic E-state index is 11.6. The largest absolute Gasteiger partial charge is 0.374 e. The first-order chi connectivity index (χ1) is 7.74. The zero-order valence-corrected chi connectivity index (χ0v) is 9.92. The molecule has 2 rings (SSSR count). The van der Waals surface area contributed by atoms with E-state index >= 15 is 0 Å². The fourth-order valence-electron chi connectivity index (χ4n) is 2.06. The lowest BCUT2D eigenvalue weighted by Crippen LogP contribution is -2.24. The molecule has 1 fully saturated rings. The van der Waals surface area contributed by atoms with Crippen LogP contribution in [0.5, 0.6) is 0 Å². The molecule has 1 heterocycles. The molecule has 1 aliphatic carbocycles. The van der Waals surface area contributed by atoms with Gasteiger partial charge in [0.1, 0.15) is 5.01 Å². The van der Waals surface area contributed by atoms with Crippen molar-refractivity contribution in [2.75, 3.05) is 5.73 Å². The highest BCUT2D eigenvalue weighted by atomic mass is 32.1. The first kappa shape index (κ1) is 11.3. The Bertz CT molecular complexity index is 359. The van der Waals surface area contributed by atoms with Crippen LogP contribution in [0.4, 0.5) is 5.13 Å². The third kappa shape index (κ3) is 3.16. The Morgan fingerprint density at radius 2 is 2.19 bits per heavy atom. The molecule has 0 atom stereocenters. The van der Waals surface area contributed by atoms with Gasteiger partial charge < -0.3 is 11.1 Å². The van der Waals surface area contributed by atoms with Crippen molar-refractivity contribution >= 4 is 22.4 Å². The summed E-state index contributed by atoms with van der Waals surface area (Å²) in [5.41, 5.74) is 5.45. The summed E-state index contributed by atoms with van der Waals surface area (Å²) in [6.45, 7) is 0.445. The molecule has 1 aliphatic rings. The van der Waals surface area contributed by atoms with Crippen molar-refractivity contribution < 1.29 is 4.79 Å². The van der Waals surface area contributed by atoms with Crippen molar-refractivity contribution in [3.05, 3.63) is 5.01 Å². The van der Waals surface area contributed by atoms with Crippen LogP contribution < -0.4 is 11.1 Å². The summed E-state index contributed by atoms with van der Waals surface area (Å²) < 4.78 is 0. The fourth-order valence-corrected chi connectivity index (χ4v) is 2.61. The SMILES string of the molecule is Nc1nnc(CNC(=O)CC2CCCC2)s1. The third-order valence-corrected chi connectivity index (χ3v) is 3.62. The number of amides is 1. The van der Waals surface area contributed by atoms with Crippen LogP contribution in [-0.2, 0) is 11.3 Å². The summed E-state index contributed by atoms with van der Waals surface area (Å²) in [6, 6.07) is 0. The van der Waals surface area contributed by atoms with Crippen LogP contribution in [-0.4, -0.2) is 16.1 Å². The summed E-state index contributed by atoms with van der Waals surface area (Å²) in [7, 11) is 0. The Balaban J connectivity index is 1.71. The van der Waals surface area contributed by atoms with Crippen LogP contribution in [0.2, 0.25) is 0 Å². The molecule has 0 aromatic carbocycles. The van der Waals surface area contributed by atoms with E-state index in [2.05, 4.69) is 15.5 Å². The minimum absolute atomic E-state index is 0.112. The molecule has 16 heavy (non-hydrogen) atoms.